The molecule has 0 aromatic heterocycles. The van der Waals surface area contributed by atoms with E-state index in [0.29, 0.717) is 46.9 Å². The lowest BCUT2D eigenvalue weighted by molar-refractivity contribution is -0.114. The first-order valence-corrected chi connectivity index (χ1v) is 8.31. The number of ether oxygens (including phenoxy) is 3. The number of anilines is 2. The summed E-state index contributed by atoms with van der Waals surface area (Å²) in [5, 5.41) is 6.29. The highest BCUT2D eigenvalue weighted by atomic mass is 35.5. The second-order valence-electron chi connectivity index (χ2n) is 5.43. The van der Waals surface area contributed by atoms with Crippen LogP contribution in [-0.4, -0.2) is 32.8 Å². The third-order valence-electron chi connectivity index (χ3n) is 3.66. The van der Waals surface area contributed by atoms with Crippen LogP contribution in [0.15, 0.2) is 36.4 Å². The number of carbonyl (C=O) groups is 1. The number of amides is 1. The van der Waals surface area contributed by atoms with Crippen molar-refractivity contribution < 1.29 is 19.0 Å². The van der Waals surface area contributed by atoms with Gasteiger partial charge in [0.25, 0.3) is 0 Å². The minimum atomic E-state index is -0.215. The van der Waals surface area contributed by atoms with Gasteiger partial charge in [0.05, 0.1) is 43.3 Å². The number of rotatable bonds is 5. The first kappa shape index (κ1) is 17.2. The van der Waals surface area contributed by atoms with Crippen molar-refractivity contribution in [2.75, 3.05) is 37.5 Å². The van der Waals surface area contributed by atoms with E-state index in [2.05, 4.69) is 10.6 Å². The molecule has 0 bridgehead atoms. The van der Waals surface area contributed by atoms with Crippen LogP contribution in [0.5, 0.6) is 17.2 Å². The summed E-state index contributed by atoms with van der Waals surface area (Å²) in [6, 6.07) is 10.7. The summed E-state index contributed by atoms with van der Waals surface area (Å²) in [5.41, 5.74) is 1.22. The summed E-state index contributed by atoms with van der Waals surface area (Å²) in [5.74, 6) is 1.62. The molecule has 0 fully saturated rings. The Morgan fingerprint density at radius 3 is 2.64 bits per heavy atom. The van der Waals surface area contributed by atoms with Gasteiger partial charge < -0.3 is 24.8 Å². The smallest absolute Gasteiger partial charge is 0.243 e. The van der Waals surface area contributed by atoms with Gasteiger partial charge in [0.15, 0.2) is 11.5 Å². The number of carbonyl (C=O) groups excluding carboxylic acids is 1. The number of nitrogens with one attached hydrogen (secondary N) is 2. The van der Waals surface area contributed by atoms with Gasteiger partial charge in [-0.15, -0.1) is 0 Å². The largest absolute Gasteiger partial charge is 0.495 e. The molecule has 132 valence electrons. The van der Waals surface area contributed by atoms with Gasteiger partial charge in [0.2, 0.25) is 5.91 Å². The zero-order valence-corrected chi connectivity index (χ0v) is 14.6. The van der Waals surface area contributed by atoms with Gasteiger partial charge in [-0.05, 0) is 12.1 Å². The summed E-state index contributed by atoms with van der Waals surface area (Å²) >= 11 is 6.26. The van der Waals surface area contributed by atoms with Gasteiger partial charge in [-0.1, -0.05) is 23.7 Å². The molecule has 2 aromatic carbocycles. The Morgan fingerprint density at radius 2 is 1.88 bits per heavy atom. The SMILES string of the molecule is COc1ccccc1NC(=O)CNc1cc2c(cc1Cl)OCCCO2. The van der Waals surface area contributed by atoms with Crippen molar-refractivity contribution in [1.82, 2.24) is 0 Å². The Hall–Kier alpha value is -2.60. The molecule has 2 N–H and O–H groups in total. The average Bonchev–Trinajstić information content (AvgIpc) is 2.85. The minimum absolute atomic E-state index is 0.0530. The molecular weight excluding hydrogens is 344 g/mol. The van der Waals surface area contributed by atoms with Crippen LogP contribution in [0, 0.1) is 0 Å². The maximum Gasteiger partial charge on any atom is 0.243 e. The standard InChI is InChI=1S/C18H19ClN2O4/c1-23-15-6-3-2-5-13(15)21-18(22)11-20-14-10-17-16(9-12(14)19)24-7-4-8-25-17/h2-3,5-6,9-10,20H,4,7-8,11H2,1H3,(H,21,22). The second kappa shape index (κ2) is 7.98. The fourth-order valence-corrected chi connectivity index (χ4v) is 2.66. The molecule has 3 rings (SSSR count). The molecule has 0 atom stereocenters. The van der Waals surface area contributed by atoms with E-state index in [4.69, 9.17) is 25.8 Å². The van der Waals surface area contributed by atoms with Gasteiger partial charge in [0, 0.05) is 18.6 Å². The zero-order chi connectivity index (χ0) is 17.6. The van der Waals surface area contributed by atoms with E-state index in [1.54, 1.807) is 31.4 Å². The summed E-state index contributed by atoms with van der Waals surface area (Å²) in [6.45, 7) is 1.23. The summed E-state index contributed by atoms with van der Waals surface area (Å²) in [6.07, 6.45) is 0.816. The van der Waals surface area contributed by atoms with Crippen LogP contribution in [0.3, 0.4) is 0 Å². The summed E-state index contributed by atoms with van der Waals surface area (Å²) < 4.78 is 16.4. The van der Waals surface area contributed by atoms with Crippen LogP contribution in [0.25, 0.3) is 0 Å². The van der Waals surface area contributed by atoms with Gasteiger partial charge in [0.1, 0.15) is 5.75 Å². The minimum Gasteiger partial charge on any atom is -0.495 e. The van der Waals surface area contributed by atoms with E-state index in [1.807, 2.05) is 12.1 Å². The molecule has 25 heavy (non-hydrogen) atoms. The fraction of sp³-hybridized carbons (Fsp3) is 0.278. The third-order valence-corrected chi connectivity index (χ3v) is 3.97. The van der Waals surface area contributed by atoms with Crippen LogP contribution in [0.1, 0.15) is 6.42 Å². The lowest BCUT2D eigenvalue weighted by Crippen LogP contribution is -2.22. The normalized spacial score (nSPS) is 12.9. The van der Waals surface area contributed by atoms with Crippen LogP contribution in [-0.2, 0) is 4.79 Å². The van der Waals surface area contributed by atoms with Gasteiger partial charge >= 0.3 is 0 Å². The molecule has 1 amide bonds. The highest BCUT2D eigenvalue weighted by Gasteiger charge is 2.15. The van der Waals surface area contributed by atoms with Gasteiger partial charge in [-0.2, -0.15) is 0 Å². The molecule has 0 saturated carbocycles. The summed E-state index contributed by atoms with van der Waals surface area (Å²) in [4.78, 5) is 12.2. The molecule has 6 nitrogen and oxygen atoms in total. The molecule has 0 unspecified atom stereocenters. The highest BCUT2D eigenvalue weighted by molar-refractivity contribution is 6.33. The van der Waals surface area contributed by atoms with Crippen molar-refractivity contribution in [3.8, 4) is 17.2 Å². The fourth-order valence-electron chi connectivity index (χ4n) is 2.44. The monoisotopic (exact) mass is 362 g/mol. The maximum absolute atomic E-state index is 12.2. The highest BCUT2D eigenvalue weighted by Crippen LogP contribution is 2.37. The Morgan fingerprint density at radius 1 is 1.16 bits per heavy atom. The zero-order valence-electron chi connectivity index (χ0n) is 13.8. The first-order chi connectivity index (χ1) is 12.2. The molecular formula is C18H19ClN2O4. The van der Waals surface area contributed by atoms with Crippen LogP contribution >= 0.6 is 11.6 Å². The number of benzene rings is 2. The van der Waals surface area contributed by atoms with Crippen LogP contribution < -0.4 is 24.8 Å². The van der Waals surface area contributed by atoms with Crippen molar-refractivity contribution in [2.24, 2.45) is 0 Å². The quantitative estimate of drug-likeness (QED) is 0.851. The molecule has 1 aliphatic rings. The molecule has 0 saturated heterocycles. The van der Waals surface area contributed by atoms with Crippen LogP contribution in [0.2, 0.25) is 5.02 Å². The Bertz CT molecular complexity index is 767. The third kappa shape index (κ3) is 4.28. The molecule has 1 heterocycles. The van der Waals surface area contributed by atoms with Gasteiger partial charge in [-0.3, -0.25) is 4.79 Å². The van der Waals surface area contributed by atoms with E-state index < -0.39 is 0 Å². The number of hydrogen-bond donors (Lipinski definition) is 2. The number of methoxy groups -OCH3 is 1. The second-order valence-corrected chi connectivity index (χ2v) is 5.84. The molecule has 0 spiro atoms. The molecule has 0 radical (unpaired) electrons. The lowest BCUT2D eigenvalue weighted by Gasteiger charge is -2.14. The first-order valence-electron chi connectivity index (χ1n) is 7.93. The van der Waals surface area contributed by atoms with E-state index in [9.17, 15) is 4.79 Å². The molecule has 2 aromatic rings. The van der Waals surface area contributed by atoms with Gasteiger partial charge in [-0.25, -0.2) is 0 Å². The van der Waals surface area contributed by atoms with Crippen LogP contribution in [0.4, 0.5) is 11.4 Å². The Balaban J connectivity index is 1.65. The predicted octanol–water partition coefficient (Wildman–Crippen LogP) is 3.56. The predicted molar refractivity (Wildman–Crippen MR) is 97.2 cm³/mol. The molecule has 0 aliphatic carbocycles. The van der Waals surface area contributed by atoms with Crippen molar-refractivity contribution in [3.05, 3.63) is 41.4 Å². The Kier molecular flexibility index (Phi) is 5.50. The average molecular weight is 363 g/mol. The number of halogens is 1. The van der Waals surface area contributed by atoms with Crippen molar-refractivity contribution >= 4 is 28.9 Å². The van der Waals surface area contributed by atoms with E-state index in [-0.39, 0.29) is 12.5 Å². The van der Waals surface area contributed by atoms with E-state index in [1.165, 1.54) is 0 Å². The maximum atomic E-state index is 12.2. The Labute approximate surface area is 151 Å². The van der Waals surface area contributed by atoms with Crippen molar-refractivity contribution in [2.45, 2.75) is 6.42 Å². The lowest BCUT2D eigenvalue weighted by atomic mass is 10.2. The van der Waals surface area contributed by atoms with E-state index >= 15 is 0 Å². The molecule has 1 aliphatic heterocycles. The topological polar surface area (TPSA) is 68.8 Å². The van der Waals surface area contributed by atoms with Crippen molar-refractivity contribution in [1.29, 1.82) is 0 Å². The molecule has 7 heteroatoms. The number of fused-ring (bicyclic) bond motifs is 1. The summed E-state index contributed by atoms with van der Waals surface area (Å²) in [7, 11) is 1.56. The number of para-hydroxylation sites is 2. The van der Waals surface area contributed by atoms with Crippen molar-refractivity contribution in [3.63, 3.8) is 0 Å². The van der Waals surface area contributed by atoms with E-state index in [0.717, 1.165) is 6.42 Å². The number of hydrogen-bond acceptors (Lipinski definition) is 5.